The summed E-state index contributed by atoms with van der Waals surface area (Å²) in [5, 5.41) is 7.49. The van der Waals surface area contributed by atoms with Crippen LogP contribution in [0.3, 0.4) is 0 Å². The molecule has 1 saturated carbocycles. The van der Waals surface area contributed by atoms with Gasteiger partial charge in [0.05, 0.1) is 19.3 Å². The lowest BCUT2D eigenvalue weighted by atomic mass is 10.1. The third-order valence-corrected chi connectivity index (χ3v) is 2.87. The number of rotatable bonds is 6. The largest absolute Gasteiger partial charge is 0.496 e. The summed E-state index contributed by atoms with van der Waals surface area (Å²) in [6.45, 7) is 1.40. The zero-order valence-electron chi connectivity index (χ0n) is 10.0. The van der Waals surface area contributed by atoms with E-state index < -0.39 is 0 Å². The average molecular weight is 234 g/mol. The Morgan fingerprint density at radius 2 is 2.24 bits per heavy atom. The Balaban J connectivity index is 2.01. The first-order valence-corrected chi connectivity index (χ1v) is 5.79. The first kappa shape index (κ1) is 11.9. The van der Waals surface area contributed by atoms with Gasteiger partial charge in [0, 0.05) is 6.61 Å². The summed E-state index contributed by atoms with van der Waals surface area (Å²) in [7, 11) is 1.57. The molecule has 4 nitrogen and oxygen atoms in total. The molecular formula is C13H18N2O2. The van der Waals surface area contributed by atoms with Crippen molar-refractivity contribution in [2.45, 2.75) is 19.4 Å². The number of amidine groups is 1. The van der Waals surface area contributed by atoms with Crippen LogP contribution in [0.5, 0.6) is 5.75 Å². The molecule has 1 aliphatic carbocycles. The number of nitrogens with one attached hydrogen (secondary N) is 1. The lowest BCUT2D eigenvalue weighted by Gasteiger charge is -2.10. The van der Waals surface area contributed by atoms with Crippen LogP contribution < -0.4 is 10.5 Å². The molecule has 1 aromatic carbocycles. The summed E-state index contributed by atoms with van der Waals surface area (Å²) < 4.78 is 10.8. The summed E-state index contributed by atoms with van der Waals surface area (Å²) >= 11 is 0. The second kappa shape index (κ2) is 5.19. The quantitative estimate of drug-likeness (QED) is 0.583. The number of ether oxygens (including phenoxy) is 2. The molecule has 92 valence electrons. The smallest absolute Gasteiger partial charge is 0.129 e. The van der Waals surface area contributed by atoms with Crippen LogP contribution in [-0.4, -0.2) is 19.6 Å². The molecular weight excluding hydrogens is 216 g/mol. The Bertz CT molecular complexity index is 414. The topological polar surface area (TPSA) is 68.3 Å². The monoisotopic (exact) mass is 234 g/mol. The predicted molar refractivity (Wildman–Crippen MR) is 66.4 cm³/mol. The van der Waals surface area contributed by atoms with Crippen LogP contribution in [0, 0.1) is 11.3 Å². The predicted octanol–water partition coefficient (Wildman–Crippen LogP) is 1.91. The number of hydrogen-bond acceptors (Lipinski definition) is 3. The van der Waals surface area contributed by atoms with E-state index in [9.17, 15) is 0 Å². The second-order valence-corrected chi connectivity index (χ2v) is 4.41. The molecule has 1 fully saturated rings. The van der Waals surface area contributed by atoms with Crippen molar-refractivity contribution in [2.75, 3.05) is 13.7 Å². The van der Waals surface area contributed by atoms with E-state index in [4.69, 9.17) is 20.6 Å². The molecule has 0 bridgehead atoms. The van der Waals surface area contributed by atoms with Crippen LogP contribution >= 0.6 is 0 Å². The lowest BCUT2D eigenvalue weighted by molar-refractivity contribution is 0.111. The Morgan fingerprint density at radius 1 is 1.47 bits per heavy atom. The fourth-order valence-electron chi connectivity index (χ4n) is 1.68. The minimum atomic E-state index is 0.0193. The van der Waals surface area contributed by atoms with Gasteiger partial charge in [-0.2, -0.15) is 0 Å². The molecule has 3 N–H and O–H groups in total. The van der Waals surface area contributed by atoms with Crippen LogP contribution in [0.2, 0.25) is 0 Å². The lowest BCUT2D eigenvalue weighted by Crippen LogP contribution is -2.13. The van der Waals surface area contributed by atoms with Crippen molar-refractivity contribution >= 4 is 5.84 Å². The van der Waals surface area contributed by atoms with Gasteiger partial charge in [-0.15, -0.1) is 0 Å². The summed E-state index contributed by atoms with van der Waals surface area (Å²) in [5.41, 5.74) is 7.16. The molecule has 1 aromatic rings. The molecule has 0 aliphatic heterocycles. The van der Waals surface area contributed by atoms with E-state index in [1.165, 1.54) is 12.8 Å². The van der Waals surface area contributed by atoms with Gasteiger partial charge in [0.15, 0.2) is 0 Å². The number of nitrogen functional groups attached to an aromatic ring is 1. The number of hydrogen-bond donors (Lipinski definition) is 2. The molecule has 0 atom stereocenters. The van der Waals surface area contributed by atoms with E-state index >= 15 is 0 Å². The number of benzene rings is 1. The molecule has 0 heterocycles. The molecule has 0 amide bonds. The van der Waals surface area contributed by atoms with Gasteiger partial charge >= 0.3 is 0 Å². The van der Waals surface area contributed by atoms with Gasteiger partial charge in [0.25, 0.3) is 0 Å². The van der Waals surface area contributed by atoms with Gasteiger partial charge in [-0.25, -0.2) is 0 Å². The Kier molecular flexibility index (Phi) is 3.64. The Morgan fingerprint density at radius 3 is 2.82 bits per heavy atom. The average Bonchev–Trinajstić information content (AvgIpc) is 3.13. The molecule has 0 radical (unpaired) electrons. The maximum atomic E-state index is 7.49. The standard InChI is InChI=1S/C13H18N2O2/c1-16-12-5-4-10(6-11(12)13(14)15)8-17-7-9-2-3-9/h4-6,9H,2-3,7-8H2,1H3,(H3,14,15). The van der Waals surface area contributed by atoms with Gasteiger partial charge in [-0.1, -0.05) is 6.07 Å². The van der Waals surface area contributed by atoms with Crippen LogP contribution in [0.15, 0.2) is 18.2 Å². The third-order valence-electron chi connectivity index (χ3n) is 2.87. The molecule has 0 saturated heterocycles. The highest BCUT2D eigenvalue weighted by Crippen LogP contribution is 2.29. The van der Waals surface area contributed by atoms with Crippen LogP contribution in [-0.2, 0) is 11.3 Å². The molecule has 4 heteroatoms. The van der Waals surface area contributed by atoms with Gasteiger partial charge in [0.1, 0.15) is 11.6 Å². The maximum absolute atomic E-state index is 7.49. The van der Waals surface area contributed by atoms with E-state index in [-0.39, 0.29) is 5.84 Å². The molecule has 1 aliphatic rings. The van der Waals surface area contributed by atoms with Crippen LogP contribution in [0.1, 0.15) is 24.0 Å². The summed E-state index contributed by atoms with van der Waals surface area (Å²) in [6.07, 6.45) is 2.59. The highest BCUT2D eigenvalue weighted by atomic mass is 16.5. The zero-order chi connectivity index (χ0) is 12.3. The fourth-order valence-corrected chi connectivity index (χ4v) is 1.68. The Labute approximate surface area is 101 Å². The van der Waals surface area contributed by atoms with Gasteiger partial charge in [0.2, 0.25) is 0 Å². The SMILES string of the molecule is COc1ccc(COCC2CC2)cc1C(=N)N. The van der Waals surface area contributed by atoms with Crippen LogP contribution in [0.25, 0.3) is 0 Å². The first-order valence-electron chi connectivity index (χ1n) is 5.79. The van der Waals surface area contributed by atoms with Crippen molar-refractivity contribution in [3.8, 4) is 5.75 Å². The normalized spacial score (nSPS) is 14.6. The maximum Gasteiger partial charge on any atom is 0.129 e. The minimum absolute atomic E-state index is 0.0193. The van der Waals surface area contributed by atoms with E-state index in [0.29, 0.717) is 17.9 Å². The number of methoxy groups -OCH3 is 1. The highest BCUT2D eigenvalue weighted by Gasteiger charge is 2.21. The van der Waals surface area contributed by atoms with E-state index in [0.717, 1.165) is 18.1 Å². The Hall–Kier alpha value is -1.55. The molecule has 0 aromatic heterocycles. The molecule has 0 unspecified atom stereocenters. The van der Waals surface area contributed by atoms with Gasteiger partial charge < -0.3 is 15.2 Å². The summed E-state index contributed by atoms with van der Waals surface area (Å²) in [5.74, 6) is 1.41. The van der Waals surface area contributed by atoms with Crippen molar-refractivity contribution in [2.24, 2.45) is 11.7 Å². The molecule has 17 heavy (non-hydrogen) atoms. The van der Waals surface area contributed by atoms with E-state index in [1.54, 1.807) is 7.11 Å². The van der Waals surface area contributed by atoms with E-state index in [1.807, 2.05) is 18.2 Å². The summed E-state index contributed by atoms with van der Waals surface area (Å²) in [4.78, 5) is 0. The molecule has 0 spiro atoms. The van der Waals surface area contributed by atoms with Gasteiger partial charge in [-0.3, -0.25) is 5.41 Å². The third kappa shape index (κ3) is 3.20. The minimum Gasteiger partial charge on any atom is -0.496 e. The summed E-state index contributed by atoms with van der Waals surface area (Å²) in [6, 6.07) is 5.62. The van der Waals surface area contributed by atoms with Gasteiger partial charge in [-0.05, 0) is 36.5 Å². The van der Waals surface area contributed by atoms with Crippen molar-refractivity contribution in [3.05, 3.63) is 29.3 Å². The van der Waals surface area contributed by atoms with Crippen LogP contribution in [0.4, 0.5) is 0 Å². The highest BCUT2D eigenvalue weighted by molar-refractivity contribution is 5.97. The van der Waals surface area contributed by atoms with E-state index in [2.05, 4.69) is 0 Å². The van der Waals surface area contributed by atoms with Crippen molar-refractivity contribution in [3.63, 3.8) is 0 Å². The van der Waals surface area contributed by atoms with Crippen molar-refractivity contribution in [1.29, 1.82) is 5.41 Å². The zero-order valence-corrected chi connectivity index (χ0v) is 10.0. The number of nitrogens with two attached hydrogens (primary N) is 1. The fraction of sp³-hybridized carbons (Fsp3) is 0.462. The first-order chi connectivity index (χ1) is 8.20. The second-order valence-electron chi connectivity index (χ2n) is 4.41. The van der Waals surface area contributed by atoms with Crippen molar-refractivity contribution < 1.29 is 9.47 Å². The van der Waals surface area contributed by atoms with Crippen molar-refractivity contribution in [1.82, 2.24) is 0 Å². The molecule has 2 rings (SSSR count).